The molecule has 6 aromatic rings. The molecule has 2 fully saturated rings. The van der Waals surface area contributed by atoms with Crippen molar-refractivity contribution in [2.45, 2.75) is 23.6 Å². The first-order valence-corrected chi connectivity index (χ1v) is 26.7. The van der Waals surface area contributed by atoms with Gasteiger partial charge in [-0.25, -0.2) is 26.3 Å². The summed E-state index contributed by atoms with van der Waals surface area (Å²) in [5.74, 6) is 0. The summed E-state index contributed by atoms with van der Waals surface area (Å²) in [6.07, 6.45) is 0. The number of nitrogens with zero attached hydrogens (tertiary/aromatic N) is 4. The van der Waals surface area contributed by atoms with Crippen molar-refractivity contribution in [3.05, 3.63) is 181 Å². The maximum absolute atomic E-state index is 12.5. The smallest absolute Gasteiger partial charge is 0.248 e. The van der Waals surface area contributed by atoms with Crippen LogP contribution < -0.4 is 28.1 Å². The second-order valence-electron chi connectivity index (χ2n) is 14.3. The van der Waals surface area contributed by atoms with E-state index in [0.29, 0.717) is 0 Å². The third-order valence-corrected chi connectivity index (χ3v) is 17.6. The standard InChI is InChI=1S/C23H26N3O3PS.C14H14ClN2P.C9H13NO3S/c1-20-12-14-23(15-13-20)31(27,28)24-16-19-29-30-25(21-8-4-2-5-9-21)17-18-26(30)22-10-6-3-7-11-22;15-18-16(13-7-3-1-4-8-13)11-12-17(18)14-9-5-2-6-10-14;1-8-2-4-9(5-3-8)14(12,13)10-6-7-11/h2-15,24H,16-19H2,1H3;1-10H,11-12H2;2-5,10-11H,6-7H2,1H3. The minimum Gasteiger partial charge on any atom is -0.395 e. The van der Waals surface area contributed by atoms with Gasteiger partial charge in [-0.3, -0.25) is 0 Å². The first-order valence-electron chi connectivity index (χ1n) is 20.4. The molecule has 0 saturated carbocycles. The van der Waals surface area contributed by atoms with Gasteiger partial charge in [0.15, 0.2) is 7.58 Å². The van der Waals surface area contributed by atoms with Crippen molar-refractivity contribution in [2.24, 2.45) is 0 Å². The van der Waals surface area contributed by atoms with Crippen molar-refractivity contribution in [2.75, 3.05) is 71.2 Å². The van der Waals surface area contributed by atoms with Crippen LogP contribution in [0.15, 0.2) is 180 Å². The van der Waals surface area contributed by atoms with E-state index in [4.69, 9.17) is 20.9 Å². The number of anilines is 4. The van der Waals surface area contributed by atoms with Crippen LogP contribution >= 0.6 is 27.3 Å². The summed E-state index contributed by atoms with van der Waals surface area (Å²) in [6, 6.07) is 54.5. The van der Waals surface area contributed by atoms with E-state index in [0.717, 1.165) is 48.7 Å². The number of aliphatic hydroxyl groups is 1. The van der Waals surface area contributed by atoms with Crippen molar-refractivity contribution in [1.29, 1.82) is 0 Å². The first kappa shape index (κ1) is 47.9. The summed E-state index contributed by atoms with van der Waals surface area (Å²) in [6.45, 7) is 7.79. The Kier molecular flexibility index (Phi) is 17.8. The van der Waals surface area contributed by atoms with E-state index < -0.39 is 36.1 Å². The summed E-state index contributed by atoms with van der Waals surface area (Å²) in [7, 11) is -8.91. The Labute approximate surface area is 379 Å². The monoisotopic (exact) mass is 946 g/mol. The Hall–Kier alpha value is -4.59. The average molecular weight is 948 g/mol. The Balaban J connectivity index is 0.000000174. The quantitative estimate of drug-likeness (QED) is 0.0717. The molecule has 332 valence electrons. The van der Waals surface area contributed by atoms with Crippen molar-refractivity contribution < 1.29 is 26.5 Å². The number of hydrogen-bond donors (Lipinski definition) is 3. The van der Waals surface area contributed by atoms with Gasteiger partial charge >= 0.3 is 0 Å². The lowest BCUT2D eigenvalue weighted by Gasteiger charge is -2.30. The van der Waals surface area contributed by atoms with Crippen LogP contribution in [0.25, 0.3) is 0 Å². The maximum Gasteiger partial charge on any atom is 0.248 e. The third-order valence-electron chi connectivity index (χ3n) is 9.74. The molecule has 6 aromatic carbocycles. The molecule has 2 aliphatic rings. The van der Waals surface area contributed by atoms with Crippen LogP contribution in [-0.4, -0.2) is 74.4 Å². The molecule has 0 aromatic heterocycles. The van der Waals surface area contributed by atoms with Crippen molar-refractivity contribution >= 4 is 70.1 Å². The Morgan fingerprint density at radius 3 is 1.17 bits per heavy atom. The van der Waals surface area contributed by atoms with E-state index in [1.807, 2.05) is 62.4 Å². The molecule has 12 nitrogen and oxygen atoms in total. The number of aryl methyl sites for hydroxylation is 2. The highest BCUT2D eigenvalue weighted by atomic mass is 35.7. The molecule has 2 aliphatic heterocycles. The van der Waals surface area contributed by atoms with E-state index >= 15 is 0 Å². The zero-order chi connectivity index (χ0) is 44.7. The molecular weight excluding hydrogens is 894 g/mol. The van der Waals surface area contributed by atoms with Crippen LogP contribution in [-0.2, 0) is 24.6 Å². The van der Waals surface area contributed by atoms with Gasteiger partial charge in [0.25, 0.3) is 0 Å². The topological polar surface area (TPSA) is 135 Å². The molecule has 17 heteroatoms. The van der Waals surface area contributed by atoms with Crippen LogP contribution in [0.3, 0.4) is 0 Å². The number of rotatable bonds is 14. The van der Waals surface area contributed by atoms with Gasteiger partial charge in [-0.2, -0.15) is 0 Å². The fraction of sp³-hybridized carbons (Fsp3) is 0.217. The highest BCUT2D eigenvalue weighted by molar-refractivity contribution is 7.89. The highest BCUT2D eigenvalue weighted by Crippen LogP contribution is 2.56. The van der Waals surface area contributed by atoms with Crippen LogP contribution in [0.1, 0.15) is 11.1 Å². The lowest BCUT2D eigenvalue weighted by atomic mass is 10.2. The maximum atomic E-state index is 12.5. The van der Waals surface area contributed by atoms with Gasteiger partial charge in [0.2, 0.25) is 28.5 Å². The molecule has 0 radical (unpaired) electrons. The van der Waals surface area contributed by atoms with Gasteiger partial charge < -0.3 is 28.3 Å². The molecule has 2 saturated heterocycles. The number of nitrogens with one attached hydrogen (secondary N) is 2. The van der Waals surface area contributed by atoms with E-state index in [-0.39, 0.29) is 36.1 Å². The minimum absolute atomic E-state index is 0.0379. The number of benzene rings is 6. The second kappa shape index (κ2) is 23.4. The molecule has 0 atom stereocenters. The summed E-state index contributed by atoms with van der Waals surface area (Å²) in [5, 5.41) is 8.49. The Morgan fingerprint density at radius 1 is 0.508 bits per heavy atom. The van der Waals surface area contributed by atoms with Crippen molar-refractivity contribution in [3.8, 4) is 0 Å². The largest absolute Gasteiger partial charge is 0.395 e. The van der Waals surface area contributed by atoms with E-state index in [9.17, 15) is 16.8 Å². The molecule has 0 amide bonds. The number of aliphatic hydroxyl groups excluding tert-OH is 1. The van der Waals surface area contributed by atoms with Crippen molar-refractivity contribution in [1.82, 2.24) is 9.44 Å². The fourth-order valence-corrected chi connectivity index (χ4v) is 12.9. The second-order valence-corrected chi connectivity index (χ2v) is 21.9. The Bertz CT molecular complexity index is 2410. The van der Waals surface area contributed by atoms with Gasteiger partial charge in [0.1, 0.15) is 0 Å². The lowest BCUT2D eigenvalue weighted by molar-refractivity contribution is 0.301. The number of sulfonamides is 2. The zero-order valence-electron chi connectivity index (χ0n) is 35.2. The van der Waals surface area contributed by atoms with Crippen LogP contribution in [0.2, 0.25) is 0 Å². The van der Waals surface area contributed by atoms with Gasteiger partial charge in [-0.1, -0.05) is 108 Å². The summed E-state index contributed by atoms with van der Waals surface area (Å²) in [4.78, 5) is 0.484. The SMILES string of the molecule is Cc1ccc(S(=O)(=O)NCCO)cc1.Cc1ccc(S(=O)(=O)NCCOP2N(c3ccccc3)CCN2c2ccccc2)cc1.ClP1N(c2ccccc2)CCN1c1ccccc1. The van der Waals surface area contributed by atoms with E-state index in [1.54, 1.807) is 36.4 Å². The third kappa shape index (κ3) is 13.5. The Morgan fingerprint density at radius 2 is 0.825 bits per heavy atom. The molecule has 63 heavy (non-hydrogen) atoms. The molecule has 0 unspecified atom stereocenters. The summed E-state index contributed by atoms with van der Waals surface area (Å²) >= 11 is 6.63. The number of halogens is 1. The van der Waals surface area contributed by atoms with Crippen LogP contribution in [0, 0.1) is 13.8 Å². The highest BCUT2D eigenvalue weighted by Gasteiger charge is 2.35. The molecule has 8 rings (SSSR count). The summed E-state index contributed by atoms with van der Waals surface area (Å²) in [5.41, 5.74) is 6.65. The van der Waals surface area contributed by atoms with E-state index in [1.165, 1.54) is 23.5 Å². The zero-order valence-corrected chi connectivity index (χ0v) is 39.4. The van der Waals surface area contributed by atoms with Crippen LogP contribution in [0.5, 0.6) is 0 Å². The summed E-state index contributed by atoms with van der Waals surface area (Å²) < 4.78 is 68.3. The predicted molar refractivity (Wildman–Crippen MR) is 261 cm³/mol. The van der Waals surface area contributed by atoms with Gasteiger partial charge in [-0.15, -0.1) is 0 Å². The lowest BCUT2D eigenvalue weighted by Crippen LogP contribution is -2.28. The molecule has 0 bridgehead atoms. The van der Waals surface area contributed by atoms with E-state index in [2.05, 4.69) is 101 Å². The fourth-order valence-electron chi connectivity index (χ4n) is 6.50. The predicted octanol–water partition coefficient (Wildman–Crippen LogP) is 9.29. The van der Waals surface area contributed by atoms with Crippen molar-refractivity contribution in [3.63, 3.8) is 0 Å². The number of para-hydroxylation sites is 4. The minimum atomic E-state index is -3.55. The first-order chi connectivity index (χ1) is 30.5. The molecule has 0 aliphatic carbocycles. The molecule has 0 spiro atoms. The molecule has 3 N–H and O–H groups in total. The van der Waals surface area contributed by atoms with Crippen LogP contribution in [0.4, 0.5) is 22.7 Å². The molecule has 2 heterocycles. The number of hydrogen-bond acceptors (Lipinski definition) is 10. The van der Waals surface area contributed by atoms with Gasteiger partial charge in [-0.05, 0) is 97.9 Å². The van der Waals surface area contributed by atoms with Gasteiger partial charge in [0, 0.05) is 62.0 Å². The molecular formula is C46H53ClN6O6P2S2. The van der Waals surface area contributed by atoms with Gasteiger partial charge in [0.05, 0.1) is 23.0 Å². The normalized spacial score (nSPS) is 14.5. The average Bonchev–Trinajstić information content (AvgIpc) is 3.92.